The van der Waals surface area contributed by atoms with Crippen LogP contribution >= 0.6 is 11.3 Å². The first-order chi connectivity index (χ1) is 14.1. The summed E-state index contributed by atoms with van der Waals surface area (Å²) in [4.78, 5) is 16.3. The van der Waals surface area contributed by atoms with E-state index in [0.717, 1.165) is 22.4 Å². The molecule has 5 nitrogen and oxygen atoms in total. The van der Waals surface area contributed by atoms with Gasteiger partial charge < -0.3 is 19.5 Å². The summed E-state index contributed by atoms with van der Waals surface area (Å²) in [5, 5.41) is 11.5. The van der Waals surface area contributed by atoms with Gasteiger partial charge in [0.2, 0.25) is 5.91 Å². The summed E-state index contributed by atoms with van der Waals surface area (Å²) >= 11 is 1.65. The number of thiophene rings is 1. The lowest BCUT2D eigenvalue weighted by Crippen LogP contribution is -2.41. The smallest absolute Gasteiger partial charge is 0.227 e. The molecule has 4 rings (SSSR count). The first-order valence-electron chi connectivity index (χ1n) is 9.46. The van der Waals surface area contributed by atoms with Gasteiger partial charge in [0.1, 0.15) is 5.75 Å². The average Bonchev–Trinajstić information content (AvgIpc) is 3.27. The number of phenolic OH excluding ortho intramolecular Hbond substituents is 1. The van der Waals surface area contributed by atoms with E-state index in [1.807, 2.05) is 28.5 Å². The summed E-state index contributed by atoms with van der Waals surface area (Å²) < 4.78 is 11.0. The van der Waals surface area contributed by atoms with Gasteiger partial charge in [-0.3, -0.25) is 4.79 Å². The van der Waals surface area contributed by atoms with Crippen LogP contribution in [0.25, 0.3) is 0 Å². The lowest BCUT2D eigenvalue weighted by Gasteiger charge is -2.37. The molecule has 2 aromatic carbocycles. The van der Waals surface area contributed by atoms with E-state index in [1.165, 1.54) is 5.56 Å². The van der Waals surface area contributed by atoms with Gasteiger partial charge in [-0.05, 0) is 58.8 Å². The molecule has 1 aliphatic heterocycles. The molecule has 0 spiro atoms. The number of benzene rings is 2. The van der Waals surface area contributed by atoms with E-state index in [4.69, 9.17) is 9.47 Å². The van der Waals surface area contributed by atoms with Gasteiger partial charge in [0, 0.05) is 11.4 Å². The number of carbonyl (C=O) groups is 1. The van der Waals surface area contributed by atoms with Crippen molar-refractivity contribution < 1.29 is 19.4 Å². The average molecular weight is 410 g/mol. The van der Waals surface area contributed by atoms with Crippen LogP contribution in [-0.4, -0.2) is 36.7 Å². The van der Waals surface area contributed by atoms with E-state index in [0.29, 0.717) is 24.5 Å². The highest BCUT2D eigenvalue weighted by Gasteiger charge is 2.33. The van der Waals surface area contributed by atoms with Gasteiger partial charge in [-0.25, -0.2) is 0 Å². The molecule has 0 aliphatic carbocycles. The number of hydrogen-bond donors (Lipinski definition) is 1. The molecule has 0 radical (unpaired) electrons. The van der Waals surface area contributed by atoms with Crippen molar-refractivity contribution in [3.05, 3.63) is 75.5 Å². The molecule has 1 atom stereocenters. The van der Waals surface area contributed by atoms with Crippen molar-refractivity contribution in [2.24, 2.45) is 0 Å². The van der Waals surface area contributed by atoms with Gasteiger partial charge in [-0.1, -0.05) is 18.2 Å². The van der Waals surface area contributed by atoms with Crippen molar-refractivity contribution in [3.63, 3.8) is 0 Å². The van der Waals surface area contributed by atoms with Gasteiger partial charge in [-0.2, -0.15) is 0 Å². The number of aromatic hydroxyl groups is 1. The largest absolute Gasteiger partial charge is 0.508 e. The third kappa shape index (κ3) is 3.80. The molecule has 6 heteroatoms. The molecular weight excluding hydrogens is 386 g/mol. The Morgan fingerprint density at radius 2 is 1.86 bits per heavy atom. The van der Waals surface area contributed by atoms with Gasteiger partial charge in [-0.15, -0.1) is 11.3 Å². The maximum absolute atomic E-state index is 13.3. The fourth-order valence-corrected chi connectivity index (χ4v) is 4.71. The Labute approximate surface area is 174 Å². The van der Waals surface area contributed by atoms with E-state index in [2.05, 4.69) is 6.07 Å². The SMILES string of the molecule is COc1cc2c(cc1OC)C(c1cccs1)N(C(=O)Cc1ccc(O)cc1)CC2. The second-order valence-corrected chi connectivity index (χ2v) is 7.98. The molecule has 0 bridgehead atoms. The van der Waals surface area contributed by atoms with Crippen LogP contribution in [0.5, 0.6) is 17.2 Å². The van der Waals surface area contributed by atoms with Crippen LogP contribution in [0.1, 0.15) is 27.6 Å². The number of phenols is 1. The van der Waals surface area contributed by atoms with Crippen LogP contribution < -0.4 is 9.47 Å². The molecule has 2 heterocycles. The first-order valence-corrected chi connectivity index (χ1v) is 10.3. The molecule has 0 saturated carbocycles. The molecular formula is C23H23NO4S. The number of ether oxygens (including phenoxy) is 2. The lowest BCUT2D eigenvalue weighted by atomic mass is 9.90. The molecule has 1 aliphatic rings. The highest BCUT2D eigenvalue weighted by atomic mass is 32.1. The Hall–Kier alpha value is -2.99. The minimum absolute atomic E-state index is 0.0644. The van der Waals surface area contributed by atoms with Crippen LogP contribution in [-0.2, 0) is 17.6 Å². The lowest BCUT2D eigenvalue weighted by molar-refractivity contribution is -0.132. The van der Waals surface area contributed by atoms with Gasteiger partial charge in [0.05, 0.1) is 26.7 Å². The van der Waals surface area contributed by atoms with Crippen molar-refractivity contribution in [3.8, 4) is 17.2 Å². The summed E-state index contributed by atoms with van der Waals surface area (Å²) in [6.07, 6.45) is 1.06. The zero-order chi connectivity index (χ0) is 20.4. The maximum Gasteiger partial charge on any atom is 0.227 e. The van der Waals surface area contributed by atoms with E-state index in [-0.39, 0.29) is 17.7 Å². The van der Waals surface area contributed by atoms with Crippen molar-refractivity contribution in [2.75, 3.05) is 20.8 Å². The number of fused-ring (bicyclic) bond motifs is 1. The Bertz CT molecular complexity index is 998. The van der Waals surface area contributed by atoms with E-state index in [1.54, 1.807) is 49.8 Å². The number of hydrogen-bond acceptors (Lipinski definition) is 5. The zero-order valence-corrected chi connectivity index (χ0v) is 17.2. The molecule has 1 N–H and O–H groups in total. The second-order valence-electron chi connectivity index (χ2n) is 7.00. The summed E-state index contributed by atoms with van der Waals surface area (Å²) in [5.41, 5.74) is 3.14. The van der Waals surface area contributed by atoms with Gasteiger partial charge >= 0.3 is 0 Å². The highest BCUT2D eigenvalue weighted by molar-refractivity contribution is 7.10. The number of carbonyl (C=O) groups excluding carboxylic acids is 1. The first kappa shape index (κ1) is 19.3. The number of rotatable bonds is 5. The Morgan fingerprint density at radius 3 is 2.52 bits per heavy atom. The summed E-state index contributed by atoms with van der Waals surface area (Å²) in [5.74, 6) is 1.64. The van der Waals surface area contributed by atoms with Crippen LogP contribution in [0.3, 0.4) is 0 Å². The summed E-state index contributed by atoms with van der Waals surface area (Å²) in [6.45, 7) is 0.641. The minimum atomic E-state index is -0.150. The van der Waals surface area contributed by atoms with Crippen LogP contribution in [0.15, 0.2) is 53.9 Å². The molecule has 0 saturated heterocycles. The maximum atomic E-state index is 13.3. The van der Waals surface area contributed by atoms with Crippen LogP contribution in [0, 0.1) is 0 Å². The minimum Gasteiger partial charge on any atom is -0.508 e. The Balaban J connectivity index is 1.71. The predicted octanol–water partition coefficient (Wildman–Crippen LogP) is 4.19. The summed E-state index contributed by atoms with van der Waals surface area (Å²) in [6, 6.07) is 14.8. The Morgan fingerprint density at radius 1 is 1.14 bits per heavy atom. The third-order valence-electron chi connectivity index (χ3n) is 5.30. The molecule has 150 valence electrons. The van der Waals surface area contributed by atoms with E-state index in [9.17, 15) is 9.90 Å². The fraction of sp³-hybridized carbons (Fsp3) is 0.261. The number of amides is 1. The van der Waals surface area contributed by atoms with Crippen molar-refractivity contribution in [1.29, 1.82) is 0 Å². The van der Waals surface area contributed by atoms with Crippen molar-refractivity contribution in [2.45, 2.75) is 18.9 Å². The van der Waals surface area contributed by atoms with E-state index < -0.39 is 0 Å². The molecule has 1 unspecified atom stereocenters. The van der Waals surface area contributed by atoms with Crippen molar-refractivity contribution >= 4 is 17.2 Å². The molecule has 1 aromatic heterocycles. The zero-order valence-electron chi connectivity index (χ0n) is 16.4. The van der Waals surface area contributed by atoms with Crippen LogP contribution in [0.2, 0.25) is 0 Å². The Kier molecular flexibility index (Phi) is 5.45. The molecule has 1 amide bonds. The van der Waals surface area contributed by atoms with Crippen LogP contribution in [0.4, 0.5) is 0 Å². The highest BCUT2D eigenvalue weighted by Crippen LogP contribution is 2.42. The molecule has 0 fully saturated rings. The topological polar surface area (TPSA) is 59.0 Å². The number of methoxy groups -OCH3 is 2. The van der Waals surface area contributed by atoms with Gasteiger partial charge in [0.15, 0.2) is 11.5 Å². The third-order valence-corrected chi connectivity index (χ3v) is 6.22. The van der Waals surface area contributed by atoms with Gasteiger partial charge in [0.25, 0.3) is 0 Å². The quantitative estimate of drug-likeness (QED) is 0.687. The fourth-order valence-electron chi connectivity index (χ4n) is 3.86. The standard InChI is InChI=1S/C23H23NO4S/c1-27-19-13-16-9-10-24(22(26)12-15-5-7-17(25)8-6-15)23(21-4-3-11-29-21)18(16)14-20(19)28-2/h3-8,11,13-14,23,25H,9-10,12H2,1-2H3. The van der Waals surface area contributed by atoms with Crippen molar-refractivity contribution in [1.82, 2.24) is 4.90 Å². The number of nitrogens with zero attached hydrogens (tertiary/aromatic N) is 1. The summed E-state index contributed by atoms with van der Waals surface area (Å²) in [7, 11) is 3.26. The molecule has 29 heavy (non-hydrogen) atoms. The predicted molar refractivity (Wildman–Crippen MR) is 113 cm³/mol. The second kappa shape index (κ2) is 8.17. The normalized spacial score (nSPS) is 15.7. The monoisotopic (exact) mass is 409 g/mol. The molecule has 3 aromatic rings. The van der Waals surface area contributed by atoms with E-state index >= 15 is 0 Å².